The highest BCUT2D eigenvalue weighted by Crippen LogP contribution is 2.25. The molecule has 100 valence electrons. The Kier molecular flexibility index (Phi) is 3.11. The molecule has 2 fully saturated rings. The molecular formula is C14H16N2O3. The molecule has 3 rings (SSSR count). The summed E-state index contributed by atoms with van der Waals surface area (Å²) in [6, 6.07) is 9.68. The first-order valence-corrected chi connectivity index (χ1v) is 6.49. The molecule has 5 heteroatoms. The van der Waals surface area contributed by atoms with Crippen LogP contribution in [0.5, 0.6) is 0 Å². The highest BCUT2D eigenvalue weighted by molar-refractivity contribution is 5.80. The number of ether oxygens (including phenoxy) is 1. The number of hydrogen-bond acceptors (Lipinski definition) is 3. The van der Waals surface area contributed by atoms with Crippen LogP contribution in [0.1, 0.15) is 18.4 Å². The second-order valence-corrected chi connectivity index (χ2v) is 5.05. The Morgan fingerprint density at radius 3 is 2.95 bits per heavy atom. The Labute approximate surface area is 111 Å². The van der Waals surface area contributed by atoms with E-state index in [1.807, 2.05) is 30.3 Å². The maximum Gasteiger partial charge on any atom is 0.410 e. The molecular weight excluding hydrogens is 244 g/mol. The van der Waals surface area contributed by atoms with Crippen LogP contribution in [-0.4, -0.2) is 35.5 Å². The van der Waals surface area contributed by atoms with E-state index < -0.39 is 0 Å². The van der Waals surface area contributed by atoms with Gasteiger partial charge in [-0.2, -0.15) is 0 Å². The zero-order valence-electron chi connectivity index (χ0n) is 10.5. The maximum atomic E-state index is 12.0. The summed E-state index contributed by atoms with van der Waals surface area (Å²) in [5.74, 6) is 0.0274. The molecule has 2 saturated heterocycles. The number of fused-ring (bicyclic) bond motifs is 2. The van der Waals surface area contributed by atoms with E-state index in [2.05, 4.69) is 5.32 Å². The Morgan fingerprint density at radius 1 is 1.37 bits per heavy atom. The zero-order valence-corrected chi connectivity index (χ0v) is 10.5. The number of amides is 2. The number of rotatable bonds is 2. The van der Waals surface area contributed by atoms with Crippen molar-refractivity contribution in [3.63, 3.8) is 0 Å². The van der Waals surface area contributed by atoms with Gasteiger partial charge in [0.15, 0.2) is 0 Å². The maximum absolute atomic E-state index is 12.0. The SMILES string of the molecule is O=C1C[C@H]2C[C@H](CN2C(=O)OCc2ccccc2)N1. The average Bonchev–Trinajstić information content (AvgIpc) is 2.72. The summed E-state index contributed by atoms with van der Waals surface area (Å²) in [6.45, 7) is 0.832. The first-order chi connectivity index (χ1) is 9.22. The predicted octanol–water partition coefficient (Wildman–Crippen LogP) is 1.29. The van der Waals surface area contributed by atoms with Crippen molar-refractivity contribution in [3.05, 3.63) is 35.9 Å². The van der Waals surface area contributed by atoms with Crippen LogP contribution in [0, 0.1) is 0 Å². The van der Waals surface area contributed by atoms with E-state index in [9.17, 15) is 9.59 Å². The molecule has 0 aromatic heterocycles. The predicted molar refractivity (Wildman–Crippen MR) is 68.3 cm³/mol. The molecule has 2 amide bonds. The van der Waals surface area contributed by atoms with Gasteiger partial charge < -0.3 is 15.0 Å². The minimum atomic E-state index is -0.326. The fourth-order valence-electron chi connectivity index (χ4n) is 2.74. The largest absolute Gasteiger partial charge is 0.445 e. The lowest BCUT2D eigenvalue weighted by atomic mass is 10.0. The van der Waals surface area contributed by atoms with Gasteiger partial charge >= 0.3 is 6.09 Å². The summed E-state index contributed by atoms with van der Waals surface area (Å²) in [5, 5.41) is 2.88. The van der Waals surface area contributed by atoms with Gasteiger partial charge in [-0.25, -0.2) is 4.79 Å². The van der Waals surface area contributed by atoms with Crippen LogP contribution in [0.2, 0.25) is 0 Å². The number of nitrogens with one attached hydrogen (secondary N) is 1. The van der Waals surface area contributed by atoms with Crippen molar-refractivity contribution in [2.75, 3.05) is 6.54 Å². The lowest BCUT2D eigenvalue weighted by Crippen LogP contribution is -2.40. The summed E-state index contributed by atoms with van der Waals surface area (Å²) < 4.78 is 5.30. The Bertz CT molecular complexity index is 489. The van der Waals surface area contributed by atoms with E-state index in [1.54, 1.807) is 4.90 Å². The first-order valence-electron chi connectivity index (χ1n) is 6.49. The molecule has 19 heavy (non-hydrogen) atoms. The molecule has 1 N–H and O–H groups in total. The van der Waals surface area contributed by atoms with Crippen LogP contribution in [0.3, 0.4) is 0 Å². The second-order valence-electron chi connectivity index (χ2n) is 5.05. The lowest BCUT2D eigenvalue weighted by molar-refractivity contribution is -0.123. The molecule has 2 aliphatic heterocycles. The third-order valence-electron chi connectivity index (χ3n) is 3.64. The highest BCUT2D eigenvalue weighted by atomic mass is 16.6. The van der Waals surface area contributed by atoms with E-state index in [1.165, 1.54) is 0 Å². The van der Waals surface area contributed by atoms with Crippen molar-refractivity contribution < 1.29 is 14.3 Å². The van der Waals surface area contributed by atoms with E-state index in [0.29, 0.717) is 13.0 Å². The Morgan fingerprint density at radius 2 is 2.16 bits per heavy atom. The molecule has 0 aliphatic carbocycles. The molecule has 2 heterocycles. The number of carbonyl (C=O) groups excluding carboxylic acids is 2. The van der Waals surface area contributed by atoms with Gasteiger partial charge in [-0.3, -0.25) is 4.79 Å². The standard InChI is InChI=1S/C14H16N2O3/c17-13-7-12-6-11(15-13)8-16(12)14(18)19-9-10-4-2-1-3-5-10/h1-5,11-12H,6-9H2,(H,15,17)/t11-,12-/m1/s1. The van der Waals surface area contributed by atoms with Crippen molar-refractivity contribution >= 4 is 12.0 Å². The van der Waals surface area contributed by atoms with Crippen LogP contribution >= 0.6 is 0 Å². The zero-order chi connectivity index (χ0) is 13.2. The van der Waals surface area contributed by atoms with Gasteiger partial charge in [0, 0.05) is 25.0 Å². The molecule has 0 unspecified atom stereocenters. The molecule has 1 aromatic carbocycles. The smallest absolute Gasteiger partial charge is 0.410 e. The van der Waals surface area contributed by atoms with E-state index in [0.717, 1.165) is 12.0 Å². The minimum absolute atomic E-state index is 0.00187. The normalized spacial score (nSPS) is 25.1. The molecule has 2 aliphatic rings. The van der Waals surface area contributed by atoms with E-state index in [-0.39, 0.29) is 30.7 Å². The van der Waals surface area contributed by atoms with Gasteiger partial charge in [-0.1, -0.05) is 30.3 Å². The van der Waals surface area contributed by atoms with Crippen molar-refractivity contribution in [3.8, 4) is 0 Å². The summed E-state index contributed by atoms with van der Waals surface area (Å²) in [7, 11) is 0. The topological polar surface area (TPSA) is 58.6 Å². The Balaban J connectivity index is 1.58. The quantitative estimate of drug-likeness (QED) is 0.871. The third kappa shape index (κ3) is 2.54. The highest BCUT2D eigenvalue weighted by Gasteiger charge is 2.41. The number of hydrogen-bond donors (Lipinski definition) is 1. The van der Waals surface area contributed by atoms with Crippen LogP contribution in [0.4, 0.5) is 4.79 Å². The van der Waals surface area contributed by atoms with Gasteiger partial charge in [-0.05, 0) is 12.0 Å². The summed E-state index contributed by atoms with van der Waals surface area (Å²) in [5.41, 5.74) is 0.965. The molecule has 0 spiro atoms. The van der Waals surface area contributed by atoms with Crippen molar-refractivity contribution in [2.24, 2.45) is 0 Å². The molecule has 0 saturated carbocycles. The van der Waals surface area contributed by atoms with Crippen molar-refractivity contribution in [2.45, 2.75) is 31.5 Å². The molecule has 1 aromatic rings. The number of piperidine rings is 1. The van der Waals surface area contributed by atoms with E-state index in [4.69, 9.17) is 4.74 Å². The first kappa shape index (κ1) is 12.0. The van der Waals surface area contributed by atoms with Crippen LogP contribution in [0.15, 0.2) is 30.3 Å². The van der Waals surface area contributed by atoms with Gasteiger partial charge in [0.2, 0.25) is 5.91 Å². The molecule has 2 atom stereocenters. The molecule has 0 radical (unpaired) electrons. The van der Waals surface area contributed by atoms with Crippen LogP contribution in [-0.2, 0) is 16.1 Å². The monoisotopic (exact) mass is 260 g/mol. The summed E-state index contributed by atoms with van der Waals surface area (Å²) in [6.07, 6.45) is 0.899. The fraction of sp³-hybridized carbons (Fsp3) is 0.429. The Hall–Kier alpha value is -2.04. The summed E-state index contributed by atoms with van der Waals surface area (Å²) in [4.78, 5) is 25.1. The van der Waals surface area contributed by atoms with Crippen LogP contribution in [0.25, 0.3) is 0 Å². The van der Waals surface area contributed by atoms with Gasteiger partial charge in [0.05, 0.1) is 0 Å². The van der Waals surface area contributed by atoms with Crippen LogP contribution < -0.4 is 5.32 Å². The van der Waals surface area contributed by atoms with Crippen molar-refractivity contribution in [1.29, 1.82) is 0 Å². The molecule has 5 nitrogen and oxygen atoms in total. The van der Waals surface area contributed by atoms with Gasteiger partial charge in [-0.15, -0.1) is 0 Å². The van der Waals surface area contributed by atoms with Gasteiger partial charge in [0.25, 0.3) is 0 Å². The summed E-state index contributed by atoms with van der Waals surface area (Å²) >= 11 is 0. The number of carbonyl (C=O) groups is 2. The average molecular weight is 260 g/mol. The number of nitrogens with zero attached hydrogens (tertiary/aromatic N) is 1. The van der Waals surface area contributed by atoms with Crippen molar-refractivity contribution in [1.82, 2.24) is 10.2 Å². The molecule has 2 bridgehead atoms. The number of likely N-dealkylation sites (tertiary alicyclic amines) is 1. The number of benzene rings is 1. The lowest BCUT2D eigenvalue weighted by Gasteiger charge is -2.23. The minimum Gasteiger partial charge on any atom is -0.445 e. The third-order valence-corrected chi connectivity index (χ3v) is 3.64. The van der Waals surface area contributed by atoms with Gasteiger partial charge in [0.1, 0.15) is 6.61 Å². The van der Waals surface area contributed by atoms with E-state index >= 15 is 0 Å². The fourth-order valence-corrected chi connectivity index (χ4v) is 2.74. The second kappa shape index (κ2) is 4.91.